The quantitative estimate of drug-likeness (QED) is 0.0281. The zero-order chi connectivity index (χ0) is 41.1. The number of unbranched alkanes of at least 4 members (excludes halogenated alkanes) is 28. The predicted octanol–water partition coefficient (Wildman–Crippen LogP) is 13.4. The van der Waals surface area contributed by atoms with Crippen LogP contribution in [0, 0.1) is 0 Å². The van der Waals surface area contributed by atoms with E-state index >= 15 is 0 Å². The highest BCUT2D eigenvalue weighted by Crippen LogP contribution is 2.38. The number of phosphoric acid groups is 1. The molecule has 0 aromatic heterocycles. The number of carbonyl (C=O) groups is 2. The first kappa shape index (κ1) is 53.7. The summed E-state index contributed by atoms with van der Waals surface area (Å²) in [5.41, 5.74) is 0. The molecule has 11 heteroatoms. The molecule has 54 heavy (non-hydrogen) atoms. The molecule has 0 rings (SSSR count). The van der Waals surface area contributed by atoms with Crippen molar-refractivity contribution in [2.75, 3.05) is 26.1 Å². The van der Waals surface area contributed by atoms with Gasteiger partial charge >= 0.3 is 11.9 Å². The Bertz CT molecular complexity index is 910. The lowest BCUT2D eigenvalue weighted by molar-refractivity contribution is -0.228. The number of carbonyl (C=O) groups excluding carboxylic acids is 2. The molecule has 0 amide bonds. The molecule has 324 valence electrons. The van der Waals surface area contributed by atoms with Gasteiger partial charge in [0.15, 0.2) is 6.10 Å². The van der Waals surface area contributed by atoms with Crippen LogP contribution in [0.3, 0.4) is 0 Å². The molecule has 0 spiro atoms. The highest BCUT2D eigenvalue weighted by Gasteiger charge is 2.21. The van der Waals surface area contributed by atoms with Crippen LogP contribution in [-0.2, 0) is 43.5 Å². The van der Waals surface area contributed by atoms with E-state index in [4.69, 9.17) is 19.6 Å². The summed E-state index contributed by atoms with van der Waals surface area (Å²) in [5, 5.41) is 0. The third kappa shape index (κ3) is 46.1. The second-order valence-corrected chi connectivity index (χ2v) is 18.0. The summed E-state index contributed by atoms with van der Waals surface area (Å²) < 4.78 is 39.2. The Labute approximate surface area is 341 Å². The van der Waals surface area contributed by atoms with E-state index in [9.17, 15) is 19.0 Å². The van der Waals surface area contributed by atoms with Crippen molar-refractivity contribution in [1.82, 2.24) is 0 Å². The first-order valence-corrected chi connectivity index (χ1v) is 26.3. The number of ether oxygens (including phenoxy) is 2. The normalized spacial score (nSPS) is 13.7. The summed E-state index contributed by atoms with van der Waals surface area (Å²) in [6.07, 6.45) is 39.3. The lowest BCUT2D eigenvalue weighted by Crippen LogP contribution is -2.30. The molecule has 0 radical (unpaired) electrons. The van der Waals surface area contributed by atoms with Crippen molar-refractivity contribution in [2.24, 2.45) is 0 Å². The number of phosphoric ester groups is 1. The number of hydrogen-bond donors (Lipinski definition) is 1. The van der Waals surface area contributed by atoms with Crippen LogP contribution in [0.15, 0.2) is 0 Å². The summed E-state index contributed by atoms with van der Waals surface area (Å²) in [6, 6.07) is 0. The summed E-state index contributed by atoms with van der Waals surface area (Å²) in [5.74, 6) is -0.812. The van der Waals surface area contributed by atoms with Gasteiger partial charge in [0.1, 0.15) is 7.73 Å². The van der Waals surface area contributed by atoms with Gasteiger partial charge in [-0.05, 0) is 25.5 Å². The minimum atomic E-state index is -4.54. The van der Waals surface area contributed by atoms with Crippen molar-refractivity contribution in [1.29, 1.82) is 1.12 Å². The van der Waals surface area contributed by atoms with Gasteiger partial charge < -0.3 is 23.4 Å². The maximum Gasteiger partial charge on any atom is 0.306 e. The van der Waals surface area contributed by atoms with Crippen molar-refractivity contribution in [2.45, 2.75) is 239 Å². The molecule has 0 aliphatic rings. The first-order valence-electron chi connectivity index (χ1n) is 22.8. The van der Waals surface area contributed by atoms with Crippen molar-refractivity contribution in [3.8, 4) is 0 Å². The van der Waals surface area contributed by atoms with Crippen molar-refractivity contribution in [3.63, 3.8) is 0 Å². The topological polar surface area (TPSA) is 111 Å². The van der Waals surface area contributed by atoms with Gasteiger partial charge in [0.25, 0.3) is 7.82 Å². The lowest BCUT2D eigenvalue weighted by atomic mass is 10.0. The van der Waals surface area contributed by atoms with Gasteiger partial charge in [-0.1, -0.05) is 209 Å². The molecule has 0 saturated carbocycles. The third-order valence-electron chi connectivity index (χ3n) is 9.57. The molecule has 0 aromatic rings. The van der Waals surface area contributed by atoms with Gasteiger partial charge in [0.05, 0.1) is 13.2 Å². The second-order valence-electron chi connectivity index (χ2n) is 15.0. The number of hydrogen-bond acceptors (Lipinski definition) is 8. The fraction of sp³-hybridized carbons (Fsp3) is 0.953. The van der Waals surface area contributed by atoms with E-state index in [2.05, 4.69) is 21.9 Å². The Hall–Kier alpha value is -0.300. The fourth-order valence-corrected chi connectivity index (χ4v) is 7.14. The van der Waals surface area contributed by atoms with Crippen LogP contribution in [0.25, 0.3) is 0 Å². The Morgan fingerprint density at radius 2 is 0.870 bits per heavy atom. The Morgan fingerprint density at radius 3 is 1.20 bits per heavy atom. The van der Waals surface area contributed by atoms with Crippen LogP contribution >= 0.6 is 15.8 Å². The molecule has 0 aromatic carbocycles. The second kappa shape index (κ2) is 45.4. The van der Waals surface area contributed by atoms with E-state index in [1.807, 2.05) is 0 Å². The van der Waals surface area contributed by atoms with Crippen LogP contribution in [-0.4, -0.2) is 45.2 Å². The minimum Gasteiger partial charge on any atom is -0.756 e. The molecule has 0 N–H and O–H groups in total. The predicted molar refractivity (Wildman–Crippen MR) is 233 cm³/mol. The van der Waals surface area contributed by atoms with E-state index in [1.165, 1.54) is 154 Å². The molecule has 0 aliphatic carbocycles. The van der Waals surface area contributed by atoms with Gasteiger partial charge in [-0.15, -0.1) is 0 Å². The molecular weight excluding hydrogens is 738 g/mol. The van der Waals surface area contributed by atoms with Crippen LogP contribution in [0.2, 0.25) is 0 Å². The van der Waals surface area contributed by atoms with Gasteiger partial charge in [-0.3, -0.25) is 14.2 Å². The average Bonchev–Trinajstić information content (AvgIpc) is 3.14. The smallest absolute Gasteiger partial charge is 0.306 e. The van der Waals surface area contributed by atoms with E-state index in [-0.39, 0.29) is 36.4 Å². The molecule has 0 aliphatic heterocycles. The van der Waals surface area contributed by atoms with Gasteiger partial charge in [0, 0.05) is 12.8 Å². The highest BCUT2D eigenvalue weighted by molar-refractivity contribution is 8.01. The largest absolute Gasteiger partial charge is 0.756 e. The van der Waals surface area contributed by atoms with Crippen LogP contribution in [0.1, 0.15) is 233 Å². The SMILES string of the molecule is CCCCCCCCCCCCCCCCCC(=O)OCC(COP(=O)([O-])OCCC)OC(=O)CCCCCCCCCCCCCCCCC.[2H]S(C)=P. The molecule has 3 unspecified atom stereocenters. The number of esters is 2. The van der Waals surface area contributed by atoms with Gasteiger partial charge in [0.2, 0.25) is 0 Å². The van der Waals surface area contributed by atoms with Crippen LogP contribution in [0.4, 0.5) is 0 Å². The maximum absolute atomic E-state index is 12.6. The van der Waals surface area contributed by atoms with Gasteiger partial charge in [-0.25, -0.2) is 0 Å². The zero-order valence-electron chi connectivity index (χ0n) is 36.7. The van der Waals surface area contributed by atoms with Crippen molar-refractivity contribution in [3.05, 3.63) is 0 Å². The summed E-state index contributed by atoms with van der Waals surface area (Å²) >= 11 is 0. The zero-order valence-corrected chi connectivity index (χ0v) is 38.4. The van der Waals surface area contributed by atoms with E-state index < -0.39 is 26.5 Å². The molecule has 0 saturated heterocycles. The van der Waals surface area contributed by atoms with E-state index in [0.29, 0.717) is 19.3 Å². The highest BCUT2D eigenvalue weighted by atomic mass is 32.5. The van der Waals surface area contributed by atoms with Crippen molar-refractivity contribution < 1.29 is 37.6 Å². The molecule has 0 bridgehead atoms. The molecule has 3 atom stereocenters. The lowest BCUT2D eigenvalue weighted by Gasteiger charge is -2.25. The van der Waals surface area contributed by atoms with Crippen LogP contribution in [0.5, 0.6) is 0 Å². The monoisotopic (exact) mass is 827 g/mol. The first-order chi connectivity index (χ1) is 26.6. The van der Waals surface area contributed by atoms with E-state index in [1.54, 1.807) is 13.2 Å². The Kier molecular flexibility index (Phi) is 45.2. The summed E-state index contributed by atoms with van der Waals surface area (Å²) in [4.78, 5) is 37.0. The van der Waals surface area contributed by atoms with Gasteiger partial charge in [-0.2, -0.15) is 10.8 Å². The molecule has 0 heterocycles. The van der Waals surface area contributed by atoms with Crippen molar-refractivity contribution >= 4 is 38.6 Å². The fourth-order valence-electron chi connectivity index (χ4n) is 6.32. The minimum absolute atomic E-state index is 0.0126. The Morgan fingerprint density at radius 1 is 0.556 bits per heavy atom. The molecule has 0 fully saturated rings. The van der Waals surface area contributed by atoms with E-state index in [0.717, 1.165) is 32.1 Å². The number of rotatable bonds is 41. The standard InChI is InChI=1S/C42H83O8P.CH5PS/c1-4-7-9-11-13-15-17-19-21-23-25-27-29-31-33-35-41(43)47-38-40(39-49-51(45,46)48-37-6-3)50-42(44)36-34-32-30-28-26-24-22-20-18-16-14-12-10-8-5-2;1-3-2/h40H,4-39H2,1-3H3,(H,45,46);2-3H,1H3/p-1/i;3D. The summed E-state index contributed by atoms with van der Waals surface area (Å²) in [7, 11) is -1.83. The summed E-state index contributed by atoms with van der Waals surface area (Å²) in [6.45, 7) is 5.64. The average molecular weight is 827 g/mol. The third-order valence-corrected chi connectivity index (χ3v) is 10.5. The number of thiol groups is 1. The Balaban J connectivity index is 0. The molecular formula is C43H87O8P2S-. The molecule has 8 nitrogen and oxygen atoms in total. The maximum atomic E-state index is 12.6. The van der Waals surface area contributed by atoms with Crippen LogP contribution < -0.4 is 4.89 Å².